The standard InChI is InChI=1S/C17H19IN2O3/c1-14-13-20(15-9-5-3-2-4-6-10-15)17(21)19-16(14)22-11-7-8-12-23-18/h2-6,9-10,13H,7-8,11-12H2,1H3/b3-2-,4-2?,5-3?,6-4-,9-5-,10-6?,15-9?,15-10+. The minimum atomic E-state index is -0.352. The Labute approximate surface area is 149 Å². The van der Waals surface area contributed by atoms with Gasteiger partial charge in [-0.3, -0.25) is 4.57 Å². The predicted octanol–water partition coefficient (Wildman–Crippen LogP) is 3.60. The topological polar surface area (TPSA) is 53.4 Å². The smallest absolute Gasteiger partial charge is 0.355 e. The van der Waals surface area contributed by atoms with Gasteiger partial charge in [0.2, 0.25) is 5.88 Å². The van der Waals surface area contributed by atoms with E-state index >= 15 is 0 Å². The molecule has 122 valence electrons. The van der Waals surface area contributed by atoms with E-state index in [0.29, 0.717) is 19.1 Å². The van der Waals surface area contributed by atoms with Gasteiger partial charge < -0.3 is 7.80 Å². The van der Waals surface area contributed by atoms with Crippen LogP contribution in [0, 0.1) is 6.92 Å². The highest BCUT2D eigenvalue weighted by Crippen LogP contribution is 2.14. The van der Waals surface area contributed by atoms with Crippen LogP contribution in [0.3, 0.4) is 0 Å². The zero-order valence-electron chi connectivity index (χ0n) is 12.9. The summed E-state index contributed by atoms with van der Waals surface area (Å²) in [6.45, 7) is 3.10. The van der Waals surface area contributed by atoms with Crippen LogP contribution >= 0.6 is 23.0 Å². The summed E-state index contributed by atoms with van der Waals surface area (Å²) in [6, 6.07) is 0. The van der Waals surface area contributed by atoms with E-state index in [4.69, 9.17) is 7.80 Å². The summed E-state index contributed by atoms with van der Waals surface area (Å²) in [5.74, 6) is 0.396. The molecule has 1 aliphatic carbocycles. The summed E-state index contributed by atoms with van der Waals surface area (Å²) < 4.78 is 12.1. The van der Waals surface area contributed by atoms with Gasteiger partial charge in [0, 0.05) is 11.8 Å². The fraction of sp³-hybridized carbons (Fsp3) is 0.294. The van der Waals surface area contributed by atoms with Crippen LogP contribution in [0.25, 0.3) is 5.70 Å². The Hall–Kier alpha value is -1.67. The summed E-state index contributed by atoms with van der Waals surface area (Å²) in [6.07, 6.45) is 16.8. The molecule has 1 heterocycles. The molecular formula is C17H19IN2O3. The van der Waals surface area contributed by atoms with Crippen molar-refractivity contribution in [3.63, 3.8) is 0 Å². The number of rotatable bonds is 7. The van der Waals surface area contributed by atoms with Gasteiger partial charge in [-0.05, 0) is 31.9 Å². The highest BCUT2D eigenvalue weighted by Gasteiger charge is 2.08. The fourth-order valence-electron chi connectivity index (χ4n) is 2.01. The number of nitrogens with zero attached hydrogens (tertiary/aromatic N) is 2. The summed E-state index contributed by atoms with van der Waals surface area (Å²) >= 11 is 1.87. The van der Waals surface area contributed by atoms with E-state index in [0.717, 1.165) is 24.1 Å². The van der Waals surface area contributed by atoms with Gasteiger partial charge in [-0.25, -0.2) is 4.79 Å². The maximum absolute atomic E-state index is 12.3. The van der Waals surface area contributed by atoms with Crippen LogP contribution in [-0.4, -0.2) is 22.8 Å². The second-order valence-electron chi connectivity index (χ2n) is 4.97. The van der Waals surface area contributed by atoms with Crippen LogP contribution in [0.2, 0.25) is 0 Å². The number of unbranched alkanes of at least 4 members (excludes halogenated alkanes) is 1. The van der Waals surface area contributed by atoms with Gasteiger partial charge in [0.1, 0.15) is 23.0 Å². The van der Waals surface area contributed by atoms with Crippen molar-refractivity contribution in [2.24, 2.45) is 0 Å². The first-order valence-corrected chi connectivity index (χ1v) is 8.29. The number of aryl methyl sites for hydroxylation is 1. The molecule has 1 aromatic heterocycles. The van der Waals surface area contributed by atoms with Crippen LogP contribution in [0.5, 0.6) is 5.88 Å². The van der Waals surface area contributed by atoms with E-state index in [1.54, 1.807) is 6.20 Å². The molecule has 0 atom stereocenters. The van der Waals surface area contributed by atoms with Gasteiger partial charge >= 0.3 is 5.69 Å². The third-order valence-corrected chi connectivity index (χ3v) is 3.61. The molecule has 0 amide bonds. The molecule has 0 bridgehead atoms. The van der Waals surface area contributed by atoms with Gasteiger partial charge in [-0.2, -0.15) is 4.98 Å². The first-order valence-electron chi connectivity index (χ1n) is 7.41. The van der Waals surface area contributed by atoms with E-state index in [-0.39, 0.29) is 5.69 Å². The Kier molecular flexibility index (Phi) is 7.28. The molecule has 0 aliphatic heterocycles. The molecule has 0 spiro atoms. The lowest BCUT2D eigenvalue weighted by atomic mass is 10.2. The Morgan fingerprint density at radius 2 is 1.87 bits per heavy atom. The molecule has 0 unspecified atom stereocenters. The molecule has 1 aliphatic rings. The van der Waals surface area contributed by atoms with E-state index < -0.39 is 0 Å². The minimum absolute atomic E-state index is 0.352. The quantitative estimate of drug-likeness (QED) is 0.494. The van der Waals surface area contributed by atoms with Crippen molar-refractivity contribution in [1.29, 1.82) is 0 Å². The predicted molar refractivity (Wildman–Crippen MR) is 99.6 cm³/mol. The lowest BCUT2D eigenvalue weighted by Crippen LogP contribution is -2.23. The number of ether oxygens (including phenoxy) is 1. The molecule has 2 rings (SSSR count). The molecule has 0 N–H and O–H groups in total. The number of hydrogen-bond acceptors (Lipinski definition) is 4. The van der Waals surface area contributed by atoms with Crippen molar-refractivity contribution < 1.29 is 7.80 Å². The third kappa shape index (κ3) is 5.47. The average molecular weight is 426 g/mol. The van der Waals surface area contributed by atoms with Gasteiger partial charge in [0.25, 0.3) is 0 Å². The molecule has 0 fully saturated rings. The first-order chi connectivity index (χ1) is 11.2. The van der Waals surface area contributed by atoms with Crippen LogP contribution in [0.4, 0.5) is 0 Å². The maximum Gasteiger partial charge on any atom is 0.355 e. The zero-order chi connectivity index (χ0) is 16.5. The van der Waals surface area contributed by atoms with Crippen molar-refractivity contribution in [1.82, 2.24) is 9.55 Å². The highest BCUT2D eigenvalue weighted by molar-refractivity contribution is 14.1. The second kappa shape index (κ2) is 9.46. The Bertz CT molecular complexity index is 702. The van der Waals surface area contributed by atoms with Crippen LogP contribution < -0.4 is 10.4 Å². The monoisotopic (exact) mass is 426 g/mol. The van der Waals surface area contributed by atoms with Crippen molar-refractivity contribution in [2.45, 2.75) is 19.8 Å². The largest absolute Gasteiger partial charge is 0.477 e. The Morgan fingerprint density at radius 3 is 2.70 bits per heavy atom. The molecule has 0 radical (unpaired) electrons. The second-order valence-corrected chi connectivity index (χ2v) is 5.59. The molecule has 0 saturated carbocycles. The summed E-state index contributed by atoms with van der Waals surface area (Å²) in [5.41, 5.74) is 1.23. The number of halogens is 1. The van der Waals surface area contributed by atoms with Crippen LogP contribution in [0.15, 0.2) is 53.5 Å². The maximum atomic E-state index is 12.3. The number of allylic oxidation sites excluding steroid dienone is 8. The minimum Gasteiger partial charge on any atom is -0.477 e. The van der Waals surface area contributed by atoms with Crippen LogP contribution in [-0.2, 0) is 3.07 Å². The van der Waals surface area contributed by atoms with E-state index in [2.05, 4.69) is 4.98 Å². The summed E-state index contributed by atoms with van der Waals surface area (Å²) in [5, 5.41) is 0. The summed E-state index contributed by atoms with van der Waals surface area (Å²) in [7, 11) is 0. The lowest BCUT2D eigenvalue weighted by molar-refractivity contribution is 0.279. The van der Waals surface area contributed by atoms with Crippen molar-refractivity contribution in [3.8, 4) is 5.88 Å². The number of hydrogen-bond donors (Lipinski definition) is 0. The Balaban J connectivity index is 2.12. The molecule has 23 heavy (non-hydrogen) atoms. The molecular weight excluding hydrogens is 407 g/mol. The van der Waals surface area contributed by atoms with Gasteiger partial charge in [-0.15, -0.1) is 0 Å². The number of aromatic nitrogens is 2. The van der Waals surface area contributed by atoms with Crippen molar-refractivity contribution >= 4 is 28.7 Å². The van der Waals surface area contributed by atoms with Crippen LogP contribution in [0.1, 0.15) is 18.4 Å². The molecule has 5 nitrogen and oxygen atoms in total. The third-order valence-electron chi connectivity index (χ3n) is 3.17. The molecule has 0 saturated heterocycles. The zero-order valence-corrected chi connectivity index (χ0v) is 15.1. The molecule has 6 heteroatoms. The van der Waals surface area contributed by atoms with Gasteiger partial charge in [0.15, 0.2) is 0 Å². The average Bonchev–Trinajstić information content (AvgIpc) is 2.50. The molecule has 0 aromatic carbocycles. The normalized spacial score (nSPS) is 20.0. The van der Waals surface area contributed by atoms with Crippen molar-refractivity contribution in [3.05, 3.63) is 64.8 Å². The lowest BCUT2D eigenvalue weighted by Gasteiger charge is -2.11. The van der Waals surface area contributed by atoms with E-state index in [1.165, 1.54) is 4.57 Å². The van der Waals surface area contributed by atoms with Gasteiger partial charge in [-0.1, -0.05) is 30.4 Å². The van der Waals surface area contributed by atoms with E-state index in [9.17, 15) is 4.79 Å². The van der Waals surface area contributed by atoms with Crippen molar-refractivity contribution in [2.75, 3.05) is 13.2 Å². The molecule has 1 aromatic rings. The Morgan fingerprint density at radius 1 is 1.13 bits per heavy atom. The first kappa shape index (κ1) is 17.7. The fourth-order valence-corrected chi connectivity index (χ4v) is 2.32. The highest BCUT2D eigenvalue weighted by atomic mass is 127. The van der Waals surface area contributed by atoms with E-state index in [1.807, 2.05) is 72.5 Å². The van der Waals surface area contributed by atoms with Gasteiger partial charge in [0.05, 0.1) is 18.9 Å². The SMILES string of the molecule is Cc1cn(C2=C/C=C\C=C/C=C\2)c(=O)nc1OCCCCOI. The summed E-state index contributed by atoms with van der Waals surface area (Å²) in [4.78, 5) is 16.3.